The Kier molecular flexibility index (Phi) is 4.13. The third-order valence-electron chi connectivity index (χ3n) is 3.56. The maximum Gasteiger partial charge on any atom is 0.290 e. The van der Waals surface area contributed by atoms with Crippen LogP contribution in [0.25, 0.3) is 0 Å². The van der Waals surface area contributed by atoms with Crippen LogP contribution >= 0.6 is 0 Å². The molecule has 0 saturated carbocycles. The summed E-state index contributed by atoms with van der Waals surface area (Å²) in [6.45, 7) is 3.85. The van der Waals surface area contributed by atoms with Crippen molar-refractivity contribution < 1.29 is 13.9 Å². The molecule has 0 N–H and O–H groups in total. The molecule has 106 valence electrons. The second-order valence-corrected chi connectivity index (χ2v) is 4.80. The zero-order chi connectivity index (χ0) is 14.7. The molecule has 2 aromatic rings. The molecule has 2 rings (SSSR count). The van der Waals surface area contributed by atoms with Crippen LogP contribution in [0.15, 0.2) is 41.0 Å². The van der Waals surface area contributed by atoms with E-state index in [2.05, 4.69) is 0 Å². The van der Waals surface area contributed by atoms with Crippen molar-refractivity contribution in [3.63, 3.8) is 0 Å². The Morgan fingerprint density at radius 1 is 1.25 bits per heavy atom. The van der Waals surface area contributed by atoms with Crippen LogP contribution in [-0.4, -0.2) is 25.0 Å². The van der Waals surface area contributed by atoms with Crippen LogP contribution in [0.2, 0.25) is 0 Å². The van der Waals surface area contributed by atoms with Gasteiger partial charge in [-0.05, 0) is 37.6 Å². The molecule has 0 bridgehead atoms. The lowest BCUT2D eigenvalue weighted by molar-refractivity contribution is 0.0709. The van der Waals surface area contributed by atoms with Gasteiger partial charge in [0.1, 0.15) is 5.75 Å². The van der Waals surface area contributed by atoms with Crippen LogP contribution in [0, 0.1) is 6.92 Å². The quantitative estimate of drug-likeness (QED) is 0.857. The molecular weight excluding hydrogens is 254 g/mol. The molecule has 1 heterocycles. The highest BCUT2D eigenvalue weighted by Gasteiger charge is 2.22. The van der Waals surface area contributed by atoms with Crippen molar-refractivity contribution in [3.8, 4) is 5.75 Å². The van der Waals surface area contributed by atoms with Crippen LogP contribution in [-0.2, 0) is 0 Å². The van der Waals surface area contributed by atoms with E-state index in [0.717, 1.165) is 16.9 Å². The van der Waals surface area contributed by atoms with Gasteiger partial charge in [-0.15, -0.1) is 0 Å². The molecule has 0 radical (unpaired) electrons. The third-order valence-corrected chi connectivity index (χ3v) is 3.56. The minimum atomic E-state index is -0.115. The molecule has 4 nitrogen and oxygen atoms in total. The number of ether oxygens (including phenoxy) is 1. The number of aryl methyl sites for hydroxylation is 1. The fourth-order valence-electron chi connectivity index (χ4n) is 2.03. The first-order chi connectivity index (χ1) is 9.54. The summed E-state index contributed by atoms with van der Waals surface area (Å²) in [6, 6.07) is 9.45. The van der Waals surface area contributed by atoms with E-state index in [1.807, 2.05) is 38.1 Å². The molecule has 20 heavy (non-hydrogen) atoms. The Bertz CT molecular complexity index is 586. The Morgan fingerprint density at radius 2 is 1.90 bits per heavy atom. The van der Waals surface area contributed by atoms with Gasteiger partial charge in [0.2, 0.25) is 0 Å². The highest BCUT2D eigenvalue weighted by atomic mass is 16.5. The molecule has 0 aliphatic rings. The summed E-state index contributed by atoms with van der Waals surface area (Å²) < 4.78 is 10.4. The maximum atomic E-state index is 12.4. The van der Waals surface area contributed by atoms with Gasteiger partial charge in [0.25, 0.3) is 5.91 Å². The molecule has 0 aliphatic carbocycles. The SMILES string of the molecule is COc1ccc(C(C)N(C)C(=O)c2occc2C)cc1. The van der Waals surface area contributed by atoms with Gasteiger partial charge in [-0.1, -0.05) is 12.1 Å². The second-order valence-electron chi connectivity index (χ2n) is 4.80. The van der Waals surface area contributed by atoms with Crippen LogP contribution in [0.4, 0.5) is 0 Å². The van der Waals surface area contributed by atoms with Crippen molar-refractivity contribution in [1.29, 1.82) is 0 Å². The Hall–Kier alpha value is -2.23. The summed E-state index contributed by atoms with van der Waals surface area (Å²) in [4.78, 5) is 14.0. The summed E-state index contributed by atoms with van der Waals surface area (Å²) in [5.74, 6) is 1.08. The summed E-state index contributed by atoms with van der Waals surface area (Å²) in [5.41, 5.74) is 1.90. The number of amides is 1. The number of carbonyl (C=O) groups excluding carboxylic acids is 1. The Morgan fingerprint density at radius 3 is 2.40 bits per heavy atom. The fourth-order valence-corrected chi connectivity index (χ4v) is 2.03. The average molecular weight is 273 g/mol. The predicted molar refractivity (Wildman–Crippen MR) is 76.9 cm³/mol. The number of rotatable bonds is 4. The first kappa shape index (κ1) is 14.2. The normalized spacial score (nSPS) is 12.0. The summed E-state index contributed by atoms with van der Waals surface area (Å²) in [5, 5.41) is 0. The van der Waals surface area contributed by atoms with Crippen LogP contribution < -0.4 is 4.74 Å². The smallest absolute Gasteiger partial charge is 0.290 e. The third kappa shape index (κ3) is 2.69. The van der Waals surface area contributed by atoms with Crippen molar-refractivity contribution in [2.24, 2.45) is 0 Å². The fraction of sp³-hybridized carbons (Fsp3) is 0.312. The number of furan rings is 1. The number of nitrogens with zero attached hydrogens (tertiary/aromatic N) is 1. The molecular formula is C16H19NO3. The largest absolute Gasteiger partial charge is 0.497 e. The van der Waals surface area contributed by atoms with E-state index in [9.17, 15) is 4.79 Å². The number of benzene rings is 1. The molecule has 0 spiro atoms. The first-order valence-corrected chi connectivity index (χ1v) is 6.49. The average Bonchev–Trinajstić information content (AvgIpc) is 2.91. The zero-order valence-electron chi connectivity index (χ0n) is 12.2. The summed E-state index contributed by atoms with van der Waals surface area (Å²) in [7, 11) is 3.41. The van der Waals surface area contributed by atoms with Gasteiger partial charge in [0.05, 0.1) is 19.4 Å². The van der Waals surface area contributed by atoms with E-state index >= 15 is 0 Å². The number of carbonyl (C=O) groups is 1. The van der Waals surface area contributed by atoms with Gasteiger partial charge < -0.3 is 14.1 Å². The van der Waals surface area contributed by atoms with Gasteiger partial charge >= 0.3 is 0 Å². The van der Waals surface area contributed by atoms with Crippen molar-refractivity contribution >= 4 is 5.91 Å². The highest BCUT2D eigenvalue weighted by Crippen LogP contribution is 2.24. The van der Waals surface area contributed by atoms with Gasteiger partial charge in [0, 0.05) is 12.6 Å². The molecule has 4 heteroatoms. The number of hydrogen-bond donors (Lipinski definition) is 0. The van der Waals surface area contributed by atoms with Gasteiger partial charge in [-0.2, -0.15) is 0 Å². The molecule has 0 saturated heterocycles. The molecule has 0 fully saturated rings. The second kappa shape index (κ2) is 5.82. The molecule has 1 atom stereocenters. The number of methoxy groups -OCH3 is 1. The highest BCUT2D eigenvalue weighted by molar-refractivity contribution is 5.92. The molecule has 1 aromatic heterocycles. The molecule has 1 unspecified atom stereocenters. The Balaban J connectivity index is 2.17. The molecule has 1 amide bonds. The lowest BCUT2D eigenvalue weighted by Crippen LogP contribution is -2.29. The van der Waals surface area contributed by atoms with E-state index in [1.54, 1.807) is 25.1 Å². The lowest BCUT2D eigenvalue weighted by Gasteiger charge is -2.24. The zero-order valence-corrected chi connectivity index (χ0v) is 12.2. The standard InChI is InChI=1S/C16H19NO3/c1-11-9-10-20-15(11)16(18)17(3)12(2)13-5-7-14(19-4)8-6-13/h5-10,12H,1-4H3. The van der Waals surface area contributed by atoms with E-state index in [0.29, 0.717) is 5.76 Å². The predicted octanol–water partition coefficient (Wildman–Crippen LogP) is 3.43. The van der Waals surface area contributed by atoms with Gasteiger partial charge in [-0.25, -0.2) is 0 Å². The van der Waals surface area contributed by atoms with Crippen LogP contribution in [0.3, 0.4) is 0 Å². The number of hydrogen-bond acceptors (Lipinski definition) is 3. The maximum absolute atomic E-state index is 12.4. The van der Waals surface area contributed by atoms with Gasteiger partial charge in [-0.3, -0.25) is 4.79 Å². The minimum absolute atomic E-state index is 0.0436. The van der Waals surface area contributed by atoms with E-state index < -0.39 is 0 Å². The van der Waals surface area contributed by atoms with Gasteiger partial charge in [0.15, 0.2) is 5.76 Å². The van der Waals surface area contributed by atoms with Crippen LogP contribution in [0.5, 0.6) is 5.75 Å². The lowest BCUT2D eigenvalue weighted by atomic mass is 10.1. The van der Waals surface area contributed by atoms with E-state index in [-0.39, 0.29) is 11.9 Å². The first-order valence-electron chi connectivity index (χ1n) is 6.49. The van der Waals surface area contributed by atoms with Crippen molar-refractivity contribution in [2.75, 3.05) is 14.2 Å². The Labute approximate surface area is 119 Å². The monoisotopic (exact) mass is 273 g/mol. The summed E-state index contributed by atoms with van der Waals surface area (Å²) in [6.07, 6.45) is 1.54. The van der Waals surface area contributed by atoms with E-state index in [4.69, 9.17) is 9.15 Å². The van der Waals surface area contributed by atoms with Crippen molar-refractivity contribution in [2.45, 2.75) is 19.9 Å². The molecule has 1 aromatic carbocycles. The van der Waals surface area contributed by atoms with Crippen molar-refractivity contribution in [3.05, 3.63) is 53.5 Å². The minimum Gasteiger partial charge on any atom is -0.497 e. The summed E-state index contributed by atoms with van der Waals surface area (Å²) >= 11 is 0. The van der Waals surface area contributed by atoms with E-state index in [1.165, 1.54) is 6.26 Å². The van der Waals surface area contributed by atoms with Crippen molar-refractivity contribution in [1.82, 2.24) is 4.90 Å². The molecule has 0 aliphatic heterocycles. The van der Waals surface area contributed by atoms with Crippen LogP contribution in [0.1, 0.15) is 34.6 Å². The topological polar surface area (TPSA) is 42.7 Å².